The van der Waals surface area contributed by atoms with Crippen LogP contribution in [0.15, 0.2) is 109 Å². The Kier molecular flexibility index (Phi) is 12.0. The molecule has 0 aliphatic carbocycles. The molecular weight excluding hydrogens is 658 g/mol. The van der Waals surface area contributed by atoms with Gasteiger partial charge in [0.05, 0.1) is 5.69 Å². The average molecular weight is 700 g/mol. The lowest BCUT2D eigenvalue weighted by atomic mass is 10.1. The molecule has 15 heteroatoms. The van der Waals surface area contributed by atoms with Crippen molar-refractivity contribution < 1.29 is 10.2 Å². The summed E-state index contributed by atoms with van der Waals surface area (Å²) in [6, 6.07) is 33.3. The van der Waals surface area contributed by atoms with Crippen molar-refractivity contribution in [2.75, 3.05) is 57.8 Å². The fourth-order valence-electron chi connectivity index (χ4n) is 5.03. The van der Waals surface area contributed by atoms with Gasteiger partial charge in [0.1, 0.15) is 11.5 Å². The fraction of sp³-hybridized carbons (Fsp3) is 0.189. The predicted octanol–water partition coefficient (Wildman–Crippen LogP) is 5.45. The van der Waals surface area contributed by atoms with Crippen LogP contribution in [0.5, 0.6) is 11.5 Å². The summed E-state index contributed by atoms with van der Waals surface area (Å²) in [5, 5.41) is 37.0. The maximum absolute atomic E-state index is 9.58. The van der Waals surface area contributed by atoms with Crippen LogP contribution >= 0.6 is 0 Å². The van der Waals surface area contributed by atoms with Crippen molar-refractivity contribution in [3.05, 3.63) is 120 Å². The molecule has 0 unspecified atom stereocenters. The number of aromatic nitrogens is 6. The van der Waals surface area contributed by atoms with Crippen molar-refractivity contribution in [2.45, 2.75) is 19.3 Å². The SMILES string of the molecule is NN(c1ccccc1)c1nc(NCCCNc2nc(NCCc3ccc(O)cc3)nc(Nc3ccccc3)n2)nc(NCCc2ccc(O)cc2)n1. The number of hydrogen-bond donors (Lipinski definition) is 8. The highest BCUT2D eigenvalue weighted by Gasteiger charge is 2.13. The van der Waals surface area contributed by atoms with E-state index in [0.717, 1.165) is 28.9 Å². The Morgan fingerprint density at radius 3 is 1.40 bits per heavy atom. The molecule has 0 radical (unpaired) electrons. The molecule has 0 atom stereocenters. The first-order valence-corrected chi connectivity index (χ1v) is 16.9. The van der Waals surface area contributed by atoms with Gasteiger partial charge >= 0.3 is 0 Å². The van der Waals surface area contributed by atoms with Crippen molar-refractivity contribution in [1.82, 2.24) is 29.9 Å². The van der Waals surface area contributed by atoms with E-state index in [1.807, 2.05) is 84.9 Å². The molecule has 15 nitrogen and oxygen atoms in total. The molecule has 2 aromatic heterocycles. The quantitative estimate of drug-likeness (QED) is 0.0319. The Labute approximate surface area is 301 Å². The van der Waals surface area contributed by atoms with Gasteiger partial charge in [-0.3, -0.25) is 0 Å². The number of nitrogens with zero attached hydrogens (tertiary/aromatic N) is 7. The highest BCUT2D eigenvalue weighted by Crippen LogP contribution is 2.21. The van der Waals surface area contributed by atoms with E-state index in [0.29, 0.717) is 68.8 Å². The van der Waals surface area contributed by atoms with Gasteiger partial charge in [-0.2, -0.15) is 29.9 Å². The molecule has 0 spiro atoms. The van der Waals surface area contributed by atoms with Crippen molar-refractivity contribution in [1.29, 1.82) is 0 Å². The van der Waals surface area contributed by atoms with Gasteiger partial charge in [-0.1, -0.05) is 60.7 Å². The van der Waals surface area contributed by atoms with Crippen molar-refractivity contribution in [3.8, 4) is 11.5 Å². The molecule has 52 heavy (non-hydrogen) atoms. The Hall–Kier alpha value is -6.74. The Balaban J connectivity index is 1.07. The van der Waals surface area contributed by atoms with Gasteiger partial charge in [-0.25, -0.2) is 10.9 Å². The first-order chi connectivity index (χ1) is 25.5. The van der Waals surface area contributed by atoms with Crippen molar-refractivity contribution in [3.63, 3.8) is 0 Å². The maximum Gasteiger partial charge on any atom is 0.251 e. The molecule has 2 heterocycles. The van der Waals surface area contributed by atoms with E-state index < -0.39 is 0 Å². The molecule has 6 rings (SSSR count). The number of nitrogens with two attached hydrogens (primary N) is 1. The van der Waals surface area contributed by atoms with Crippen LogP contribution in [0.25, 0.3) is 0 Å². The molecular formula is C37H41N13O2. The minimum atomic E-state index is 0.228. The van der Waals surface area contributed by atoms with Gasteiger partial charge in [0.2, 0.25) is 29.7 Å². The van der Waals surface area contributed by atoms with E-state index in [1.54, 1.807) is 24.3 Å². The number of hydrazine groups is 1. The summed E-state index contributed by atoms with van der Waals surface area (Å²) < 4.78 is 0. The first-order valence-electron chi connectivity index (χ1n) is 16.9. The Bertz CT molecular complexity index is 1980. The van der Waals surface area contributed by atoms with Crippen LogP contribution in [0.4, 0.5) is 47.1 Å². The van der Waals surface area contributed by atoms with E-state index in [4.69, 9.17) is 5.84 Å². The molecule has 0 saturated carbocycles. The number of nitrogens with one attached hydrogen (secondary N) is 5. The summed E-state index contributed by atoms with van der Waals surface area (Å²) in [7, 11) is 0. The fourth-order valence-corrected chi connectivity index (χ4v) is 5.03. The van der Waals surface area contributed by atoms with Crippen LogP contribution in [0.1, 0.15) is 17.5 Å². The van der Waals surface area contributed by atoms with E-state index in [1.165, 1.54) is 5.01 Å². The van der Waals surface area contributed by atoms with Crippen LogP contribution in [0, 0.1) is 0 Å². The zero-order chi connectivity index (χ0) is 36.0. The van der Waals surface area contributed by atoms with Gasteiger partial charge in [0, 0.05) is 31.9 Å². The van der Waals surface area contributed by atoms with Crippen molar-refractivity contribution >= 4 is 47.1 Å². The topological polar surface area (TPSA) is 207 Å². The van der Waals surface area contributed by atoms with Crippen LogP contribution in [-0.4, -0.2) is 66.3 Å². The number of rotatable bonds is 18. The van der Waals surface area contributed by atoms with Gasteiger partial charge in [-0.15, -0.1) is 0 Å². The minimum absolute atomic E-state index is 0.228. The number of phenols is 2. The molecule has 0 saturated heterocycles. The monoisotopic (exact) mass is 699 g/mol. The summed E-state index contributed by atoms with van der Waals surface area (Å²) >= 11 is 0. The molecule has 9 N–H and O–H groups in total. The van der Waals surface area contributed by atoms with Crippen LogP contribution in [0.3, 0.4) is 0 Å². The molecule has 0 bridgehead atoms. The normalized spacial score (nSPS) is 10.7. The second kappa shape index (κ2) is 17.8. The number of hydrogen-bond acceptors (Lipinski definition) is 15. The summed E-state index contributed by atoms with van der Waals surface area (Å²) in [4.78, 5) is 27.4. The zero-order valence-electron chi connectivity index (χ0n) is 28.4. The highest BCUT2D eigenvalue weighted by atomic mass is 16.3. The number of benzene rings is 4. The average Bonchev–Trinajstić information content (AvgIpc) is 3.17. The van der Waals surface area contributed by atoms with Gasteiger partial charge in [0.15, 0.2) is 0 Å². The van der Waals surface area contributed by atoms with Crippen LogP contribution in [-0.2, 0) is 12.8 Å². The number of phenolic OH excluding ortho intramolecular Hbond substituents is 2. The lowest BCUT2D eigenvalue weighted by Gasteiger charge is -2.18. The van der Waals surface area contributed by atoms with Gasteiger partial charge in [0.25, 0.3) is 5.95 Å². The third kappa shape index (κ3) is 10.6. The third-order valence-electron chi connectivity index (χ3n) is 7.72. The highest BCUT2D eigenvalue weighted by molar-refractivity contribution is 5.58. The number of aromatic hydroxyl groups is 2. The molecule has 4 aromatic carbocycles. The van der Waals surface area contributed by atoms with E-state index >= 15 is 0 Å². The summed E-state index contributed by atoms with van der Waals surface area (Å²) in [5.41, 5.74) is 3.72. The molecule has 0 aliphatic heterocycles. The second-order valence-electron chi connectivity index (χ2n) is 11.7. The smallest absolute Gasteiger partial charge is 0.251 e. The molecule has 0 aliphatic rings. The molecule has 0 amide bonds. The Morgan fingerprint density at radius 1 is 0.481 bits per heavy atom. The summed E-state index contributed by atoms with van der Waals surface area (Å²) in [5.74, 6) is 9.17. The van der Waals surface area contributed by atoms with Crippen LogP contribution < -0.4 is 37.4 Å². The lowest BCUT2D eigenvalue weighted by Crippen LogP contribution is -2.28. The zero-order valence-corrected chi connectivity index (χ0v) is 28.4. The maximum atomic E-state index is 9.58. The molecule has 0 fully saturated rings. The lowest BCUT2D eigenvalue weighted by molar-refractivity contribution is 0.474. The minimum Gasteiger partial charge on any atom is -0.508 e. The van der Waals surface area contributed by atoms with Gasteiger partial charge < -0.3 is 36.8 Å². The standard InChI is InChI=1S/C37H41N13O2/c38-50(29-10-5-2-6-11-29)37-48-34(45-35(49-37)42-25-21-27-14-18-31(52)19-15-27)40-23-7-22-39-32-44-33(41-24-20-26-12-16-30(51)17-13-26)47-36(46-32)43-28-8-3-1-4-9-28/h1-6,8-19,51-52H,7,20-25,38H2,(H2,40,42,45,48,49)(H3,39,41,43,44,46,47). The molecule has 6 aromatic rings. The van der Waals surface area contributed by atoms with E-state index in [9.17, 15) is 10.2 Å². The summed E-state index contributed by atoms with van der Waals surface area (Å²) in [6.45, 7) is 2.25. The van der Waals surface area contributed by atoms with Crippen molar-refractivity contribution in [2.24, 2.45) is 5.84 Å². The number of para-hydroxylation sites is 2. The molecule has 266 valence electrons. The number of anilines is 8. The second-order valence-corrected chi connectivity index (χ2v) is 11.7. The predicted molar refractivity (Wildman–Crippen MR) is 204 cm³/mol. The van der Waals surface area contributed by atoms with Gasteiger partial charge in [-0.05, 0) is 78.9 Å². The van der Waals surface area contributed by atoms with E-state index in [2.05, 4.69) is 56.5 Å². The van der Waals surface area contributed by atoms with E-state index in [-0.39, 0.29) is 17.4 Å². The summed E-state index contributed by atoms with van der Waals surface area (Å²) in [6.07, 6.45) is 2.12. The largest absolute Gasteiger partial charge is 0.508 e. The first kappa shape index (κ1) is 35.1. The van der Waals surface area contributed by atoms with Crippen LogP contribution in [0.2, 0.25) is 0 Å². The Morgan fingerprint density at radius 2 is 0.904 bits per heavy atom. The third-order valence-corrected chi connectivity index (χ3v) is 7.72.